The summed E-state index contributed by atoms with van der Waals surface area (Å²) in [5.41, 5.74) is 2.56. The van der Waals surface area contributed by atoms with Crippen molar-refractivity contribution < 1.29 is 22.7 Å². The van der Waals surface area contributed by atoms with Gasteiger partial charge in [0, 0.05) is 12.2 Å². The molecule has 2 aromatic rings. The number of benzene rings is 2. The number of amides is 1. The summed E-state index contributed by atoms with van der Waals surface area (Å²) in [7, 11) is -3.59. The number of anilines is 1. The van der Waals surface area contributed by atoms with Crippen LogP contribution in [0.4, 0.5) is 5.69 Å². The van der Waals surface area contributed by atoms with Crippen molar-refractivity contribution in [2.45, 2.75) is 25.9 Å². The minimum Gasteiger partial charge on any atom is -0.462 e. The van der Waals surface area contributed by atoms with Gasteiger partial charge in [0.2, 0.25) is 15.9 Å². The lowest BCUT2D eigenvalue weighted by Crippen LogP contribution is -2.50. The molecule has 3 rings (SSSR count). The summed E-state index contributed by atoms with van der Waals surface area (Å²) in [4.78, 5) is 24.8. The molecule has 1 aliphatic heterocycles. The summed E-state index contributed by atoms with van der Waals surface area (Å²) in [6.45, 7) is 2.11. The molecule has 1 amide bonds. The second kappa shape index (κ2) is 8.12. The first-order valence-corrected chi connectivity index (χ1v) is 10.8. The molecule has 0 saturated carbocycles. The molecule has 1 N–H and O–H groups in total. The second-order valence-corrected chi connectivity index (χ2v) is 8.52. The predicted molar refractivity (Wildman–Crippen MR) is 105 cm³/mol. The minimum absolute atomic E-state index is 0.149. The third-order valence-electron chi connectivity index (χ3n) is 4.58. The van der Waals surface area contributed by atoms with Crippen LogP contribution in [0.1, 0.15) is 28.4 Å². The third kappa shape index (κ3) is 4.40. The number of hydrogen-bond acceptors (Lipinski definition) is 5. The fourth-order valence-electron chi connectivity index (χ4n) is 3.23. The molecule has 0 spiro atoms. The van der Waals surface area contributed by atoms with Crippen molar-refractivity contribution in [1.82, 2.24) is 4.31 Å². The van der Waals surface area contributed by atoms with Crippen LogP contribution in [0.3, 0.4) is 0 Å². The normalized spacial score (nSPS) is 16.9. The Labute approximate surface area is 164 Å². The Kier molecular flexibility index (Phi) is 5.81. The summed E-state index contributed by atoms with van der Waals surface area (Å²) >= 11 is 0. The van der Waals surface area contributed by atoms with E-state index in [0.717, 1.165) is 17.4 Å². The Morgan fingerprint density at radius 3 is 2.54 bits per heavy atom. The van der Waals surface area contributed by atoms with Gasteiger partial charge in [-0.2, -0.15) is 4.31 Å². The summed E-state index contributed by atoms with van der Waals surface area (Å²) < 4.78 is 30.7. The Hall–Kier alpha value is -2.71. The molecule has 0 bridgehead atoms. The highest BCUT2D eigenvalue weighted by Crippen LogP contribution is 2.26. The number of sulfonamides is 1. The fourth-order valence-corrected chi connectivity index (χ4v) is 4.24. The lowest BCUT2D eigenvalue weighted by Gasteiger charge is -2.34. The molecule has 28 heavy (non-hydrogen) atoms. The highest BCUT2D eigenvalue weighted by Gasteiger charge is 2.36. The minimum atomic E-state index is -3.59. The molecule has 148 valence electrons. The molecule has 1 heterocycles. The van der Waals surface area contributed by atoms with E-state index in [1.165, 1.54) is 10.4 Å². The first kappa shape index (κ1) is 20.0. The van der Waals surface area contributed by atoms with E-state index in [9.17, 15) is 18.0 Å². The Bertz CT molecular complexity index is 1000. The van der Waals surface area contributed by atoms with E-state index < -0.39 is 27.9 Å². The molecule has 1 atom stereocenters. The van der Waals surface area contributed by atoms with E-state index in [0.29, 0.717) is 11.3 Å². The topological polar surface area (TPSA) is 92.8 Å². The van der Waals surface area contributed by atoms with Crippen molar-refractivity contribution in [2.75, 3.05) is 18.2 Å². The fraction of sp³-hybridized carbons (Fsp3) is 0.300. The number of hydrogen-bond donors (Lipinski definition) is 1. The van der Waals surface area contributed by atoms with Crippen LogP contribution in [0.2, 0.25) is 0 Å². The Morgan fingerprint density at radius 2 is 1.86 bits per heavy atom. The van der Waals surface area contributed by atoms with E-state index in [2.05, 4.69) is 5.32 Å². The maximum absolute atomic E-state index is 12.9. The van der Waals surface area contributed by atoms with Gasteiger partial charge in [0.25, 0.3) is 0 Å². The largest absolute Gasteiger partial charge is 0.462 e. The smallest absolute Gasteiger partial charge is 0.338 e. The number of nitrogens with zero attached hydrogens (tertiary/aromatic N) is 1. The zero-order valence-corrected chi connectivity index (χ0v) is 16.5. The van der Waals surface area contributed by atoms with Gasteiger partial charge in [0.05, 0.1) is 18.4 Å². The summed E-state index contributed by atoms with van der Waals surface area (Å²) in [5, 5.41) is 2.73. The molecule has 0 radical (unpaired) electrons. The van der Waals surface area contributed by atoms with Crippen LogP contribution in [-0.2, 0) is 32.5 Å². The van der Waals surface area contributed by atoms with Crippen LogP contribution in [0.25, 0.3) is 0 Å². The van der Waals surface area contributed by atoms with E-state index >= 15 is 0 Å². The van der Waals surface area contributed by atoms with Gasteiger partial charge in [-0.1, -0.05) is 30.3 Å². The van der Waals surface area contributed by atoms with E-state index in [4.69, 9.17) is 4.74 Å². The molecule has 0 aromatic heterocycles. The number of carbonyl (C=O) groups is 2. The highest BCUT2D eigenvalue weighted by atomic mass is 32.2. The second-order valence-electron chi connectivity index (χ2n) is 6.59. The van der Waals surface area contributed by atoms with Crippen molar-refractivity contribution in [1.29, 1.82) is 0 Å². The standard InChI is InChI=1S/C20H22N2O5S/c1-3-27-20(24)15-9-6-10-17(11-15)21-19(23)18-12-14-7-4-5-8-16(14)13-22(18)28(2,25)26/h4-11,18H,3,12-13H2,1-2H3,(H,21,23). The molecule has 2 aromatic carbocycles. The van der Waals surface area contributed by atoms with Gasteiger partial charge in [-0.05, 0) is 42.7 Å². The number of carbonyl (C=O) groups excluding carboxylic acids is 2. The Balaban J connectivity index is 1.84. The maximum Gasteiger partial charge on any atom is 0.338 e. The van der Waals surface area contributed by atoms with Crippen molar-refractivity contribution >= 4 is 27.6 Å². The highest BCUT2D eigenvalue weighted by molar-refractivity contribution is 7.88. The van der Waals surface area contributed by atoms with Crippen LogP contribution >= 0.6 is 0 Å². The van der Waals surface area contributed by atoms with Crippen LogP contribution in [0.15, 0.2) is 48.5 Å². The van der Waals surface area contributed by atoms with Crippen molar-refractivity contribution in [3.8, 4) is 0 Å². The van der Waals surface area contributed by atoms with Crippen LogP contribution in [0.5, 0.6) is 0 Å². The summed E-state index contributed by atoms with van der Waals surface area (Å²) in [5.74, 6) is -0.927. The first-order chi connectivity index (χ1) is 13.3. The van der Waals surface area contributed by atoms with Gasteiger partial charge < -0.3 is 10.1 Å². The summed E-state index contributed by atoms with van der Waals surface area (Å²) in [6.07, 6.45) is 1.38. The van der Waals surface area contributed by atoms with E-state index in [1.807, 2.05) is 24.3 Å². The van der Waals surface area contributed by atoms with Crippen LogP contribution in [-0.4, -0.2) is 43.5 Å². The maximum atomic E-state index is 12.9. The van der Waals surface area contributed by atoms with E-state index in [1.54, 1.807) is 25.1 Å². The van der Waals surface area contributed by atoms with Gasteiger partial charge in [-0.15, -0.1) is 0 Å². The van der Waals surface area contributed by atoms with Crippen molar-refractivity contribution in [3.63, 3.8) is 0 Å². The predicted octanol–water partition coefficient (Wildman–Crippen LogP) is 2.19. The lowest BCUT2D eigenvalue weighted by molar-refractivity contribution is -0.120. The molecule has 7 nitrogen and oxygen atoms in total. The average molecular weight is 402 g/mol. The van der Waals surface area contributed by atoms with Gasteiger partial charge in [-0.25, -0.2) is 13.2 Å². The van der Waals surface area contributed by atoms with Crippen LogP contribution in [0, 0.1) is 0 Å². The van der Waals surface area contributed by atoms with Crippen molar-refractivity contribution in [2.24, 2.45) is 0 Å². The number of nitrogens with one attached hydrogen (secondary N) is 1. The SMILES string of the molecule is CCOC(=O)c1cccc(NC(=O)C2Cc3ccccc3CN2S(C)(=O)=O)c1. The van der Waals surface area contributed by atoms with Gasteiger partial charge in [0.1, 0.15) is 6.04 Å². The zero-order valence-electron chi connectivity index (χ0n) is 15.7. The quantitative estimate of drug-likeness (QED) is 0.774. The molecular formula is C20H22N2O5S. The van der Waals surface area contributed by atoms with Crippen LogP contribution < -0.4 is 5.32 Å². The molecule has 0 aliphatic carbocycles. The zero-order chi connectivity index (χ0) is 20.3. The monoisotopic (exact) mass is 402 g/mol. The molecule has 0 saturated heterocycles. The van der Waals surface area contributed by atoms with Gasteiger partial charge in [0.15, 0.2) is 0 Å². The number of rotatable bonds is 5. The first-order valence-electron chi connectivity index (χ1n) is 8.91. The number of ether oxygens (including phenoxy) is 1. The lowest BCUT2D eigenvalue weighted by atomic mass is 9.95. The van der Waals surface area contributed by atoms with Gasteiger partial charge >= 0.3 is 5.97 Å². The molecule has 0 fully saturated rings. The summed E-state index contributed by atoms with van der Waals surface area (Å²) in [6, 6.07) is 13.0. The van der Waals surface area contributed by atoms with Gasteiger partial charge in [-0.3, -0.25) is 4.79 Å². The average Bonchev–Trinajstić information content (AvgIpc) is 2.66. The Morgan fingerprint density at radius 1 is 1.14 bits per heavy atom. The number of fused-ring (bicyclic) bond motifs is 1. The molecule has 1 unspecified atom stereocenters. The van der Waals surface area contributed by atoms with Crippen molar-refractivity contribution in [3.05, 3.63) is 65.2 Å². The molecule has 8 heteroatoms. The molecule has 1 aliphatic rings. The van der Waals surface area contributed by atoms with E-state index in [-0.39, 0.29) is 19.6 Å². The third-order valence-corrected chi connectivity index (χ3v) is 5.81. The number of esters is 1. The molecular weight excluding hydrogens is 380 g/mol.